The van der Waals surface area contributed by atoms with Crippen LogP contribution < -0.4 is 11.1 Å². The number of aryl methyl sites for hydroxylation is 2. The minimum Gasteiger partial charge on any atom is -0.399 e. The summed E-state index contributed by atoms with van der Waals surface area (Å²) >= 11 is 0. The Kier molecular flexibility index (Phi) is 2.81. The summed E-state index contributed by atoms with van der Waals surface area (Å²) in [6, 6.07) is 7.70. The highest BCUT2D eigenvalue weighted by atomic mass is 16.5. The lowest BCUT2D eigenvalue weighted by Crippen LogP contribution is -2.00. The molecule has 0 radical (unpaired) electrons. The van der Waals surface area contributed by atoms with Crippen molar-refractivity contribution in [3.05, 3.63) is 41.3 Å². The van der Waals surface area contributed by atoms with E-state index < -0.39 is 0 Å². The third-order valence-electron chi connectivity index (χ3n) is 2.38. The SMILES string of the molecule is Cc1cc(CNc2ccc(N)cc2C)on1. The number of hydrogen-bond donors (Lipinski definition) is 2. The predicted molar refractivity (Wildman–Crippen MR) is 64.2 cm³/mol. The molecule has 1 heterocycles. The average molecular weight is 217 g/mol. The van der Waals surface area contributed by atoms with Crippen LogP contribution in [0.2, 0.25) is 0 Å². The van der Waals surface area contributed by atoms with Crippen molar-refractivity contribution in [1.29, 1.82) is 0 Å². The van der Waals surface area contributed by atoms with Crippen molar-refractivity contribution in [2.45, 2.75) is 20.4 Å². The molecule has 1 aromatic heterocycles. The highest BCUT2D eigenvalue weighted by Gasteiger charge is 2.02. The van der Waals surface area contributed by atoms with Gasteiger partial charge in [-0.25, -0.2) is 0 Å². The molecule has 0 amide bonds. The van der Waals surface area contributed by atoms with Crippen molar-refractivity contribution in [2.24, 2.45) is 0 Å². The molecule has 2 rings (SSSR count). The van der Waals surface area contributed by atoms with Crippen LogP contribution in [0.3, 0.4) is 0 Å². The smallest absolute Gasteiger partial charge is 0.156 e. The lowest BCUT2D eigenvalue weighted by molar-refractivity contribution is 0.384. The molecule has 0 aliphatic rings. The summed E-state index contributed by atoms with van der Waals surface area (Å²) in [6.07, 6.45) is 0. The van der Waals surface area contributed by atoms with Crippen molar-refractivity contribution in [1.82, 2.24) is 5.16 Å². The summed E-state index contributed by atoms with van der Waals surface area (Å²) in [5.41, 5.74) is 9.53. The van der Waals surface area contributed by atoms with E-state index >= 15 is 0 Å². The molecule has 0 saturated carbocycles. The molecule has 16 heavy (non-hydrogen) atoms. The lowest BCUT2D eigenvalue weighted by Gasteiger charge is -2.08. The summed E-state index contributed by atoms with van der Waals surface area (Å²) in [4.78, 5) is 0. The quantitative estimate of drug-likeness (QED) is 0.775. The Labute approximate surface area is 94.4 Å². The molecule has 84 valence electrons. The van der Waals surface area contributed by atoms with Crippen LogP contribution in [0.25, 0.3) is 0 Å². The van der Waals surface area contributed by atoms with Gasteiger partial charge < -0.3 is 15.6 Å². The molecule has 2 aromatic rings. The Balaban J connectivity index is 2.04. The molecule has 0 fully saturated rings. The number of hydrogen-bond acceptors (Lipinski definition) is 4. The minimum atomic E-state index is 0.631. The van der Waals surface area contributed by atoms with E-state index in [2.05, 4.69) is 10.5 Å². The molecule has 4 heteroatoms. The first kappa shape index (κ1) is 10.5. The molecule has 0 aliphatic heterocycles. The molecule has 3 N–H and O–H groups in total. The Morgan fingerprint density at radius 2 is 2.12 bits per heavy atom. The number of nitrogen functional groups attached to an aromatic ring is 1. The van der Waals surface area contributed by atoms with Gasteiger partial charge in [0.15, 0.2) is 5.76 Å². The number of benzene rings is 1. The molecule has 0 bridgehead atoms. The first-order chi connectivity index (χ1) is 7.65. The fraction of sp³-hybridized carbons (Fsp3) is 0.250. The Morgan fingerprint density at radius 3 is 2.75 bits per heavy atom. The normalized spacial score (nSPS) is 10.4. The summed E-state index contributed by atoms with van der Waals surface area (Å²) < 4.78 is 5.11. The van der Waals surface area contributed by atoms with Gasteiger partial charge in [0.05, 0.1) is 12.2 Å². The first-order valence-corrected chi connectivity index (χ1v) is 5.17. The van der Waals surface area contributed by atoms with E-state index in [1.165, 1.54) is 0 Å². The van der Waals surface area contributed by atoms with Crippen LogP contribution in [0.1, 0.15) is 17.0 Å². The van der Waals surface area contributed by atoms with E-state index in [4.69, 9.17) is 10.3 Å². The molecule has 0 unspecified atom stereocenters. The van der Waals surface area contributed by atoms with Crippen molar-refractivity contribution >= 4 is 11.4 Å². The van der Waals surface area contributed by atoms with Gasteiger partial charge in [0.1, 0.15) is 0 Å². The second kappa shape index (κ2) is 4.26. The monoisotopic (exact) mass is 217 g/mol. The molecule has 0 aliphatic carbocycles. The van der Waals surface area contributed by atoms with Crippen LogP contribution in [0.15, 0.2) is 28.8 Å². The zero-order valence-electron chi connectivity index (χ0n) is 9.45. The third-order valence-corrected chi connectivity index (χ3v) is 2.38. The second-order valence-corrected chi connectivity index (χ2v) is 3.86. The highest BCUT2D eigenvalue weighted by molar-refractivity contribution is 5.57. The number of aromatic nitrogens is 1. The molecular weight excluding hydrogens is 202 g/mol. The van der Waals surface area contributed by atoms with Crippen molar-refractivity contribution in [3.63, 3.8) is 0 Å². The van der Waals surface area contributed by atoms with E-state index in [9.17, 15) is 0 Å². The predicted octanol–water partition coefficient (Wildman–Crippen LogP) is 2.49. The number of nitrogens with one attached hydrogen (secondary N) is 1. The van der Waals surface area contributed by atoms with Gasteiger partial charge in [-0.1, -0.05) is 5.16 Å². The fourth-order valence-electron chi connectivity index (χ4n) is 1.57. The maximum atomic E-state index is 5.68. The van der Waals surface area contributed by atoms with E-state index in [0.29, 0.717) is 6.54 Å². The second-order valence-electron chi connectivity index (χ2n) is 3.86. The van der Waals surface area contributed by atoms with Crippen LogP contribution >= 0.6 is 0 Å². The van der Waals surface area contributed by atoms with Gasteiger partial charge in [-0.15, -0.1) is 0 Å². The van der Waals surface area contributed by atoms with Gasteiger partial charge in [-0.3, -0.25) is 0 Å². The maximum absolute atomic E-state index is 5.68. The lowest BCUT2D eigenvalue weighted by atomic mass is 10.2. The zero-order valence-corrected chi connectivity index (χ0v) is 9.45. The highest BCUT2D eigenvalue weighted by Crippen LogP contribution is 2.18. The zero-order chi connectivity index (χ0) is 11.5. The first-order valence-electron chi connectivity index (χ1n) is 5.17. The van der Waals surface area contributed by atoms with E-state index in [-0.39, 0.29) is 0 Å². The number of nitrogens with zero attached hydrogens (tertiary/aromatic N) is 1. The van der Waals surface area contributed by atoms with Gasteiger partial charge in [-0.2, -0.15) is 0 Å². The van der Waals surface area contributed by atoms with E-state index in [0.717, 1.165) is 28.4 Å². The standard InChI is InChI=1S/C12H15N3O/c1-8-5-10(13)3-4-12(8)14-7-11-6-9(2)15-16-11/h3-6,14H,7,13H2,1-2H3. The molecule has 0 spiro atoms. The topological polar surface area (TPSA) is 64.1 Å². The Morgan fingerprint density at radius 1 is 1.31 bits per heavy atom. The average Bonchev–Trinajstić information content (AvgIpc) is 2.63. The molecule has 1 aromatic carbocycles. The Hall–Kier alpha value is -1.97. The van der Waals surface area contributed by atoms with Crippen LogP contribution in [0.4, 0.5) is 11.4 Å². The van der Waals surface area contributed by atoms with Crippen LogP contribution in [0, 0.1) is 13.8 Å². The fourth-order valence-corrected chi connectivity index (χ4v) is 1.57. The van der Waals surface area contributed by atoms with Gasteiger partial charge in [0, 0.05) is 17.4 Å². The van der Waals surface area contributed by atoms with Crippen LogP contribution in [0.5, 0.6) is 0 Å². The van der Waals surface area contributed by atoms with Gasteiger partial charge in [0.2, 0.25) is 0 Å². The third kappa shape index (κ3) is 2.34. The van der Waals surface area contributed by atoms with Crippen LogP contribution in [-0.2, 0) is 6.54 Å². The number of rotatable bonds is 3. The van der Waals surface area contributed by atoms with Gasteiger partial charge in [0.25, 0.3) is 0 Å². The van der Waals surface area contributed by atoms with E-state index in [1.54, 1.807) is 0 Å². The molecule has 0 atom stereocenters. The summed E-state index contributed by atoms with van der Waals surface area (Å²) in [7, 11) is 0. The van der Waals surface area contributed by atoms with Crippen molar-refractivity contribution in [3.8, 4) is 0 Å². The van der Waals surface area contributed by atoms with Crippen molar-refractivity contribution < 1.29 is 4.52 Å². The Bertz CT molecular complexity index is 491. The molecular formula is C12H15N3O. The van der Waals surface area contributed by atoms with Crippen molar-refractivity contribution in [2.75, 3.05) is 11.1 Å². The minimum absolute atomic E-state index is 0.631. The number of anilines is 2. The molecule has 0 saturated heterocycles. The van der Waals surface area contributed by atoms with Gasteiger partial charge >= 0.3 is 0 Å². The van der Waals surface area contributed by atoms with Gasteiger partial charge in [-0.05, 0) is 37.6 Å². The largest absolute Gasteiger partial charge is 0.399 e. The van der Waals surface area contributed by atoms with E-state index in [1.807, 2.05) is 38.1 Å². The maximum Gasteiger partial charge on any atom is 0.156 e. The van der Waals surface area contributed by atoms with Crippen LogP contribution in [-0.4, -0.2) is 5.16 Å². The number of nitrogens with two attached hydrogens (primary N) is 1. The summed E-state index contributed by atoms with van der Waals surface area (Å²) in [5.74, 6) is 0.828. The molecule has 4 nitrogen and oxygen atoms in total. The summed E-state index contributed by atoms with van der Waals surface area (Å²) in [6.45, 7) is 4.55. The summed E-state index contributed by atoms with van der Waals surface area (Å²) in [5, 5.41) is 7.11.